The van der Waals surface area contributed by atoms with Gasteiger partial charge in [0.05, 0.1) is 0 Å². The van der Waals surface area contributed by atoms with Crippen molar-refractivity contribution in [2.24, 2.45) is 5.73 Å². The number of halogens is 1. The summed E-state index contributed by atoms with van der Waals surface area (Å²) in [6.07, 6.45) is 2.87. The third-order valence-electron chi connectivity index (χ3n) is 4.83. The second-order valence-corrected chi connectivity index (χ2v) is 6.91. The SMILES string of the molecule is CC(C)c1ccc(-c2noc(CCC(=O)N3CCCC3CN)n2)cc1.Cl. The lowest BCUT2D eigenvalue weighted by molar-refractivity contribution is -0.131. The molecule has 1 aliphatic rings. The smallest absolute Gasteiger partial charge is 0.227 e. The third kappa shape index (κ3) is 4.62. The molecule has 142 valence electrons. The summed E-state index contributed by atoms with van der Waals surface area (Å²) in [5.41, 5.74) is 7.93. The normalized spacial score (nSPS) is 16.8. The molecule has 2 heterocycles. The molecule has 2 N–H and O–H groups in total. The highest BCUT2D eigenvalue weighted by molar-refractivity contribution is 5.85. The summed E-state index contributed by atoms with van der Waals surface area (Å²) in [7, 11) is 0. The van der Waals surface area contributed by atoms with Crippen molar-refractivity contribution in [1.29, 1.82) is 0 Å². The van der Waals surface area contributed by atoms with Gasteiger partial charge in [0.15, 0.2) is 0 Å². The van der Waals surface area contributed by atoms with Crippen LogP contribution in [-0.4, -0.2) is 40.1 Å². The van der Waals surface area contributed by atoms with Gasteiger partial charge in [-0.1, -0.05) is 43.3 Å². The first-order chi connectivity index (χ1) is 12.1. The lowest BCUT2D eigenvalue weighted by Gasteiger charge is -2.23. The molecule has 1 aliphatic heterocycles. The molecular weight excluding hydrogens is 352 g/mol. The predicted octanol–water partition coefficient (Wildman–Crippen LogP) is 3.16. The fourth-order valence-electron chi connectivity index (χ4n) is 3.26. The van der Waals surface area contributed by atoms with E-state index in [9.17, 15) is 4.79 Å². The van der Waals surface area contributed by atoms with Gasteiger partial charge in [0.2, 0.25) is 17.6 Å². The van der Waals surface area contributed by atoms with E-state index in [-0.39, 0.29) is 24.4 Å². The summed E-state index contributed by atoms with van der Waals surface area (Å²) < 4.78 is 5.31. The standard InChI is InChI=1S/C19H26N4O2.ClH/c1-13(2)14-5-7-15(8-6-14)19-21-17(25-22-19)9-10-18(24)23-11-3-4-16(23)12-20;/h5-8,13,16H,3-4,9-12,20H2,1-2H3;1H. The van der Waals surface area contributed by atoms with Gasteiger partial charge in [-0.05, 0) is 24.3 Å². The minimum Gasteiger partial charge on any atom is -0.339 e. The molecule has 1 aromatic carbocycles. The van der Waals surface area contributed by atoms with Gasteiger partial charge in [-0.3, -0.25) is 4.79 Å². The Bertz CT molecular complexity index is 715. The molecule has 0 saturated carbocycles. The van der Waals surface area contributed by atoms with Crippen LogP contribution in [0.1, 0.15) is 50.5 Å². The van der Waals surface area contributed by atoms with Crippen molar-refractivity contribution in [2.75, 3.05) is 13.1 Å². The number of nitrogens with two attached hydrogens (primary N) is 1. The average molecular weight is 379 g/mol. The zero-order valence-corrected chi connectivity index (χ0v) is 16.2. The molecule has 0 radical (unpaired) electrons. The van der Waals surface area contributed by atoms with Crippen LogP contribution < -0.4 is 5.73 Å². The minimum absolute atomic E-state index is 0. The van der Waals surface area contributed by atoms with Crippen LogP contribution in [0.5, 0.6) is 0 Å². The molecule has 6 nitrogen and oxygen atoms in total. The number of rotatable bonds is 6. The van der Waals surface area contributed by atoms with E-state index in [4.69, 9.17) is 10.3 Å². The average Bonchev–Trinajstić information content (AvgIpc) is 3.29. The number of aromatic nitrogens is 2. The van der Waals surface area contributed by atoms with E-state index < -0.39 is 0 Å². The van der Waals surface area contributed by atoms with E-state index >= 15 is 0 Å². The summed E-state index contributed by atoms with van der Waals surface area (Å²) in [5, 5.41) is 4.04. The molecule has 1 fully saturated rings. The summed E-state index contributed by atoms with van der Waals surface area (Å²) >= 11 is 0. The van der Waals surface area contributed by atoms with E-state index in [1.807, 2.05) is 17.0 Å². The highest BCUT2D eigenvalue weighted by Crippen LogP contribution is 2.21. The Balaban J connectivity index is 0.00000243. The maximum atomic E-state index is 12.3. The number of carbonyl (C=O) groups excluding carboxylic acids is 1. The zero-order chi connectivity index (χ0) is 17.8. The molecule has 0 spiro atoms. The van der Waals surface area contributed by atoms with Gasteiger partial charge < -0.3 is 15.2 Å². The number of benzene rings is 1. The number of hydrogen-bond donors (Lipinski definition) is 1. The van der Waals surface area contributed by atoms with Gasteiger partial charge in [-0.15, -0.1) is 12.4 Å². The van der Waals surface area contributed by atoms with E-state index in [1.54, 1.807) is 0 Å². The summed E-state index contributed by atoms with van der Waals surface area (Å²) in [6.45, 7) is 5.66. The summed E-state index contributed by atoms with van der Waals surface area (Å²) in [6, 6.07) is 8.36. The van der Waals surface area contributed by atoms with Crippen molar-refractivity contribution in [3.63, 3.8) is 0 Å². The number of aryl methyl sites for hydroxylation is 1. The van der Waals surface area contributed by atoms with Crippen LogP contribution in [0.3, 0.4) is 0 Å². The minimum atomic E-state index is 0. The number of amides is 1. The van der Waals surface area contributed by atoms with Crippen molar-refractivity contribution < 1.29 is 9.32 Å². The highest BCUT2D eigenvalue weighted by Gasteiger charge is 2.27. The summed E-state index contributed by atoms with van der Waals surface area (Å²) in [4.78, 5) is 18.7. The second-order valence-electron chi connectivity index (χ2n) is 6.91. The molecule has 2 aromatic rings. The Kier molecular flexibility index (Phi) is 7.17. The lowest BCUT2D eigenvalue weighted by atomic mass is 10.0. The molecule has 1 saturated heterocycles. The van der Waals surface area contributed by atoms with Gasteiger partial charge in [-0.2, -0.15) is 4.98 Å². The van der Waals surface area contributed by atoms with E-state index in [0.29, 0.717) is 37.0 Å². The van der Waals surface area contributed by atoms with Crippen molar-refractivity contribution >= 4 is 18.3 Å². The van der Waals surface area contributed by atoms with Crippen molar-refractivity contribution in [3.05, 3.63) is 35.7 Å². The van der Waals surface area contributed by atoms with Crippen LogP contribution >= 0.6 is 12.4 Å². The topological polar surface area (TPSA) is 85.2 Å². The maximum Gasteiger partial charge on any atom is 0.227 e. The third-order valence-corrected chi connectivity index (χ3v) is 4.83. The fraction of sp³-hybridized carbons (Fsp3) is 0.526. The molecule has 1 atom stereocenters. The van der Waals surface area contributed by atoms with E-state index in [1.165, 1.54) is 5.56 Å². The number of hydrogen-bond acceptors (Lipinski definition) is 5. The molecule has 3 rings (SSSR count). The molecular formula is C19H27ClN4O2. The quantitative estimate of drug-likeness (QED) is 0.834. The molecule has 0 bridgehead atoms. The number of carbonyl (C=O) groups is 1. The van der Waals surface area contributed by atoms with E-state index in [0.717, 1.165) is 24.9 Å². The fourth-order valence-corrected chi connectivity index (χ4v) is 3.26. The van der Waals surface area contributed by atoms with Crippen LogP contribution in [0, 0.1) is 0 Å². The van der Waals surface area contributed by atoms with Crippen LogP contribution in [0.2, 0.25) is 0 Å². The number of nitrogens with zero attached hydrogens (tertiary/aromatic N) is 3. The highest BCUT2D eigenvalue weighted by atomic mass is 35.5. The molecule has 7 heteroatoms. The van der Waals surface area contributed by atoms with Crippen LogP contribution in [-0.2, 0) is 11.2 Å². The Morgan fingerprint density at radius 2 is 2.08 bits per heavy atom. The van der Waals surface area contributed by atoms with Crippen molar-refractivity contribution in [1.82, 2.24) is 15.0 Å². The van der Waals surface area contributed by atoms with E-state index in [2.05, 4.69) is 36.1 Å². The van der Waals surface area contributed by atoms with Gasteiger partial charge in [0.25, 0.3) is 0 Å². The van der Waals surface area contributed by atoms with Crippen molar-refractivity contribution in [2.45, 2.75) is 51.5 Å². The first-order valence-electron chi connectivity index (χ1n) is 9.01. The van der Waals surface area contributed by atoms with Crippen LogP contribution in [0.15, 0.2) is 28.8 Å². The lowest BCUT2D eigenvalue weighted by Crippen LogP contribution is -2.40. The molecule has 1 aromatic heterocycles. The Morgan fingerprint density at radius 3 is 2.73 bits per heavy atom. The Morgan fingerprint density at radius 1 is 1.35 bits per heavy atom. The Labute approximate surface area is 160 Å². The number of likely N-dealkylation sites (tertiary alicyclic amines) is 1. The maximum absolute atomic E-state index is 12.3. The largest absolute Gasteiger partial charge is 0.339 e. The second kappa shape index (κ2) is 9.14. The Hall–Kier alpha value is -1.92. The molecule has 1 amide bonds. The summed E-state index contributed by atoms with van der Waals surface area (Å²) in [5.74, 6) is 1.68. The zero-order valence-electron chi connectivity index (χ0n) is 15.4. The first-order valence-corrected chi connectivity index (χ1v) is 9.01. The predicted molar refractivity (Wildman–Crippen MR) is 103 cm³/mol. The molecule has 0 aliphatic carbocycles. The van der Waals surface area contributed by atoms with Crippen LogP contribution in [0.4, 0.5) is 0 Å². The monoisotopic (exact) mass is 378 g/mol. The molecule has 1 unspecified atom stereocenters. The van der Waals surface area contributed by atoms with Crippen molar-refractivity contribution in [3.8, 4) is 11.4 Å². The first kappa shape index (κ1) is 20.4. The molecule has 26 heavy (non-hydrogen) atoms. The van der Waals surface area contributed by atoms with Gasteiger partial charge in [0, 0.05) is 37.5 Å². The van der Waals surface area contributed by atoms with Gasteiger partial charge in [0.1, 0.15) is 0 Å². The van der Waals surface area contributed by atoms with Gasteiger partial charge in [-0.25, -0.2) is 0 Å². The van der Waals surface area contributed by atoms with Gasteiger partial charge >= 0.3 is 0 Å². The van der Waals surface area contributed by atoms with Crippen LogP contribution in [0.25, 0.3) is 11.4 Å².